The van der Waals surface area contributed by atoms with Gasteiger partial charge in [-0.15, -0.1) is 0 Å². The van der Waals surface area contributed by atoms with E-state index in [1.165, 1.54) is 6.92 Å². The summed E-state index contributed by atoms with van der Waals surface area (Å²) in [5.41, 5.74) is 3.32. The van der Waals surface area contributed by atoms with Gasteiger partial charge in [0.05, 0.1) is 13.0 Å². The smallest absolute Gasteiger partial charge is 0.230 e. The number of nitrogens with one attached hydrogen (secondary N) is 2. The maximum absolute atomic E-state index is 12.3. The molecule has 3 rings (SSSR count). The molecule has 2 heterocycles. The highest BCUT2D eigenvalue weighted by atomic mass is 32.2. The van der Waals surface area contributed by atoms with Gasteiger partial charge in [0.15, 0.2) is 5.17 Å². The normalized spacial score (nSPS) is 15.8. The van der Waals surface area contributed by atoms with Crippen LogP contribution in [0.15, 0.2) is 34.3 Å². The van der Waals surface area contributed by atoms with Crippen LogP contribution in [0.5, 0.6) is 0 Å². The number of amidine groups is 1. The molecule has 2 aliphatic heterocycles. The zero-order valence-electron chi connectivity index (χ0n) is 13.0. The van der Waals surface area contributed by atoms with Crippen LogP contribution in [0.2, 0.25) is 0 Å². The molecular formula is C16H18N4O2S. The van der Waals surface area contributed by atoms with Crippen molar-refractivity contribution in [3.63, 3.8) is 0 Å². The van der Waals surface area contributed by atoms with Crippen LogP contribution in [0, 0.1) is 6.92 Å². The van der Waals surface area contributed by atoms with Crippen molar-refractivity contribution < 1.29 is 9.59 Å². The van der Waals surface area contributed by atoms with Gasteiger partial charge in [-0.1, -0.05) is 17.8 Å². The third-order valence-corrected chi connectivity index (χ3v) is 4.57. The van der Waals surface area contributed by atoms with Gasteiger partial charge in [-0.05, 0) is 30.0 Å². The van der Waals surface area contributed by atoms with Crippen molar-refractivity contribution in [3.8, 4) is 0 Å². The summed E-state index contributed by atoms with van der Waals surface area (Å²) in [6, 6.07) is 5.46. The maximum atomic E-state index is 12.3. The molecule has 0 aliphatic carbocycles. The Kier molecular flexibility index (Phi) is 4.38. The molecule has 0 unspecified atom stereocenters. The Morgan fingerprint density at radius 3 is 2.96 bits per heavy atom. The predicted octanol–water partition coefficient (Wildman–Crippen LogP) is 2.54. The van der Waals surface area contributed by atoms with Crippen molar-refractivity contribution in [2.75, 3.05) is 23.7 Å². The SMILES string of the molecule is CC(=O)Nc1ccc(C)c(NC(=O)CC2=CSC3=NCCN23)c1. The number of anilines is 2. The van der Waals surface area contributed by atoms with Gasteiger partial charge in [0.25, 0.3) is 0 Å². The quantitative estimate of drug-likeness (QED) is 0.890. The maximum Gasteiger partial charge on any atom is 0.230 e. The summed E-state index contributed by atoms with van der Waals surface area (Å²) >= 11 is 1.57. The molecule has 7 heteroatoms. The van der Waals surface area contributed by atoms with Crippen LogP contribution in [-0.4, -0.2) is 35.0 Å². The van der Waals surface area contributed by atoms with Crippen LogP contribution in [0.3, 0.4) is 0 Å². The van der Waals surface area contributed by atoms with E-state index in [0.717, 1.165) is 29.5 Å². The molecule has 1 aromatic carbocycles. The number of amides is 2. The summed E-state index contributed by atoms with van der Waals surface area (Å²) in [5, 5.41) is 8.61. The second-order valence-electron chi connectivity index (χ2n) is 5.48. The van der Waals surface area contributed by atoms with Crippen LogP contribution in [0.4, 0.5) is 11.4 Å². The number of carbonyl (C=O) groups excluding carboxylic acids is 2. The highest BCUT2D eigenvalue weighted by molar-refractivity contribution is 8.16. The fraction of sp³-hybridized carbons (Fsp3) is 0.312. The van der Waals surface area contributed by atoms with E-state index in [4.69, 9.17) is 0 Å². The van der Waals surface area contributed by atoms with Crippen molar-refractivity contribution in [1.29, 1.82) is 0 Å². The average molecular weight is 330 g/mol. The van der Waals surface area contributed by atoms with Crippen molar-refractivity contribution in [1.82, 2.24) is 4.90 Å². The van der Waals surface area contributed by atoms with E-state index < -0.39 is 0 Å². The lowest BCUT2D eigenvalue weighted by molar-refractivity contribution is -0.116. The Hall–Kier alpha value is -2.28. The second-order valence-corrected chi connectivity index (χ2v) is 6.32. The van der Waals surface area contributed by atoms with E-state index in [1.54, 1.807) is 17.8 Å². The molecule has 0 atom stereocenters. The third-order valence-electron chi connectivity index (χ3n) is 3.62. The highest BCUT2D eigenvalue weighted by Gasteiger charge is 2.27. The van der Waals surface area contributed by atoms with Gasteiger partial charge in [-0.25, -0.2) is 0 Å². The first-order valence-corrected chi connectivity index (χ1v) is 8.26. The number of nitrogens with zero attached hydrogens (tertiary/aromatic N) is 2. The summed E-state index contributed by atoms with van der Waals surface area (Å²) in [5.74, 6) is -0.215. The molecule has 120 valence electrons. The van der Waals surface area contributed by atoms with Crippen LogP contribution in [-0.2, 0) is 9.59 Å². The number of fused-ring (bicyclic) bond motifs is 1. The zero-order valence-corrected chi connectivity index (χ0v) is 13.9. The molecule has 23 heavy (non-hydrogen) atoms. The van der Waals surface area contributed by atoms with Crippen LogP contribution < -0.4 is 10.6 Å². The number of rotatable bonds is 4. The van der Waals surface area contributed by atoms with Gasteiger partial charge >= 0.3 is 0 Å². The van der Waals surface area contributed by atoms with Gasteiger partial charge in [-0.2, -0.15) is 0 Å². The Morgan fingerprint density at radius 1 is 1.35 bits per heavy atom. The van der Waals surface area contributed by atoms with E-state index in [0.29, 0.717) is 17.8 Å². The lowest BCUT2D eigenvalue weighted by Crippen LogP contribution is -2.24. The van der Waals surface area contributed by atoms with Gasteiger partial charge in [0, 0.05) is 30.5 Å². The first-order chi connectivity index (χ1) is 11.0. The van der Waals surface area contributed by atoms with E-state index >= 15 is 0 Å². The highest BCUT2D eigenvalue weighted by Crippen LogP contribution is 2.31. The van der Waals surface area contributed by atoms with Crippen molar-refractivity contribution >= 4 is 40.1 Å². The topological polar surface area (TPSA) is 73.8 Å². The zero-order chi connectivity index (χ0) is 16.4. The van der Waals surface area contributed by atoms with Crippen molar-refractivity contribution in [3.05, 3.63) is 34.9 Å². The fourth-order valence-electron chi connectivity index (χ4n) is 2.51. The molecule has 0 saturated carbocycles. The predicted molar refractivity (Wildman–Crippen MR) is 93.4 cm³/mol. The van der Waals surface area contributed by atoms with Crippen LogP contribution in [0.25, 0.3) is 0 Å². The lowest BCUT2D eigenvalue weighted by Gasteiger charge is -2.17. The molecule has 2 amide bonds. The number of carbonyl (C=O) groups is 2. The number of thioether (sulfide) groups is 1. The Morgan fingerprint density at radius 2 is 2.17 bits per heavy atom. The minimum Gasteiger partial charge on any atom is -0.326 e. The molecule has 6 nitrogen and oxygen atoms in total. The molecular weight excluding hydrogens is 312 g/mol. The molecule has 0 bridgehead atoms. The minimum absolute atomic E-state index is 0.0759. The summed E-state index contributed by atoms with van der Waals surface area (Å²) < 4.78 is 0. The van der Waals surface area contributed by atoms with E-state index in [-0.39, 0.29) is 11.8 Å². The van der Waals surface area contributed by atoms with Gasteiger partial charge < -0.3 is 15.5 Å². The van der Waals surface area contributed by atoms with Crippen LogP contribution >= 0.6 is 11.8 Å². The Bertz CT molecular complexity index is 727. The molecule has 0 fully saturated rings. The van der Waals surface area contributed by atoms with Gasteiger partial charge in [0.1, 0.15) is 0 Å². The number of aryl methyl sites for hydroxylation is 1. The van der Waals surface area contributed by atoms with E-state index in [1.807, 2.05) is 24.5 Å². The molecule has 0 spiro atoms. The van der Waals surface area contributed by atoms with Gasteiger partial charge in [-0.3, -0.25) is 14.6 Å². The van der Waals surface area contributed by atoms with E-state index in [2.05, 4.69) is 20.5 Å². The largest absolute Gasteiger partial charge is 0.326 e. The molecule has 1 aromatic rings. The first kappa shape index (κ1) is 15.6. The molecule has 0 saturated heterocycles. The third kappa shape index (κ3) is 3.56. The Labute approximate surface area is 139 Å². The number of hydrogen-bond acceptors (Lipinski definition) is 5. The molecule has 0 aromatic heterocycles. The summed E-state index contributed by atoms with van der Waals surface area (Å²) in [7, 11) is 0. The minimum atomic E-state index is -0.139. The molecule has 0 radical (unpaired) electrons. The number of benzene rings is 1. The van der Waals surface area contributed by atoms with Crippen molar-refractivity contribution in [2.45, 2.75) is 20.3 Å². The standard InChI is InChI=1S/C16H18N4O2S/c1-10-3-4-12(18-11(2)21)7-14(10)19-15(22)8-13-9-23-16-17-5-6-20(13)16/h3-4,7,9H,5-6,8H2,1-2H3,(H,18,21)(H,19,22). The van der Waals surface area contributed by atoms with E-state index in [9.17, 15) is 9.59 Å². The van der Waals surface area contributed by atoms with Crippen molar-refractivity contribution in [2.24, 2.45) is 4.99 Å². The first-order valence-electron chi connectivity index (χ1n) is 7.39. The number of aliphatic imine (C=N–C) groups is 1. The Balaban J connectivity index is 1.66. The molecule has 2 N–H and O–H groups in total. The monoisotopic (exact) mass is 330 g/mol. The second kappa shape index (κ2) is 6.45. The van der Waals surface area contributed by atoms with Crippen LogP contribution in [0.1, 0.15) is 18.9 Å². The molecule has 2 aliphatic rings. The van der Waals surface area contributed by atoms with Gasteiger partial charge in [0.2, 0.25) is 11.8 Å². The summed E-state index contributed by atoms with van der Waals surface area (Å²) in [6.07, 6.45) is 0.315. The lowest BCUT2D eigenvalue weighted by atomic mass is 10.1. The summed E-state index contributed by atoms with van der Waals surface area (Å²) in [4.78, 5) is 29.9. The fourth-order valence-corrected chi connectivity index (χ4v) is 3.47. The number of hydrogen-bond donors (Lipinski definition) is 2. The average Bonchev–Trinajstić information content (AvgIpc) is 3.07. The summed E-state index contributed by atoms with van der Waals surface area (Å²) in [6.45, 7) is 5.01.